The first-order chi connectivity index (χ1) is 8.22. The van der Waals surface area contributed by atoms with Gasteiger partial charge in [-0.25, -0.2) is 0 Å². The van der Waals surface area contributed by atoms with Gasteiger partial charge in [-0.1, -0.05) is 31.3 Å². The molecule has 1 heterocycles. The molecule has 1 amide bonds. The summed E-state index contributed by atoms with van der Waals surface area (Å²) in [6, 6.07) is 0.329. The number of hydrogen-bond acceptors (Lipinski definition) is 3. The molecule has 0 aliphatic heterocycles. The molecule has 4 nitrogen and oxygen atoms in total. The maximum atomic E-state index is 12.2. The molecule has 1 aliphatic rings. The number of carbonyl (C=O) groups excluding carboxylic acids is 1. The number of aryl methyl sites for hydroxylation is 2. The smallest absolute Gasteiger partial charge is 0.257 e. The average molecular weight is 236 g/mol. The van der Waals surface area contributed by atoms with Crippen molar-refractivity contribution in [3.05, 3.63) is 17.0 Å². The van der Waals surface area contributed by atoms with E-state index in [1.807, 2.05) is 6.92 Å². The molecule has 4 heteroatoms. The molecule has 1 saturated carbocycles. The third-order valence-electron chi connectivity index (χ3n) is 3.44. The molecule has 0 saturated heterocycles. The van der Waals surface area contributed by atoms with E-state index in [2.05, 4.69) is 10.5 Å². The van der Waals surface area contributed by atoms with E-state index in [0.29, 0.717) is 17.4 Å². The number of aromatic nitrogens is 1. The Hall–Kier alpha value is -1.32. The summed E-state index contributed by atoms with van der Waals surface area (Å²) < 4.78 is 5.09. The van der Waals surface area contributed by atoms with Gasteiger partial charge in [0.2, 0.25) is 0 Å². The van der Waals surface area contributed by atoms with Gasteiger partial charge in [0.1, 0.15) is 11.3 Å². The third kappa shape index (κ3) is 2.68. The predicted octanol–water partition coefficient (Wildman–Crippen LogP) is 2.61. The Bertz CT molecular complexity index is 392. The summed E-state index contributed by atoms with van der Waals surface area (Å²) in [4.78, 5) is 12.2. The Morgan fingerprint density at radius 2 is 2.12 bits per heavy atom. The van der Waals surface area contributed by atoms with Crippen molar-refractivity contribution in [2.75, 3.05) is 0 Å². The van der Waals surface area contributed by atoms with E-state index in [-0.39, 0.29) is 5.91 Å². The molecule has 1 N–H and O–H groups in total. The minimum absolute atomic E-state index is 0.0208. The molecule has 1 fully saturated rings. The monoisotopic (exact) mass is 236 g/mol. The Labute approximate surface area is 102 Å². The second kappa shape index (κ2) is 5.34. The van der Waals surface area contributed by atoms with E-state index >= 15 is 0 Å². The molecule has 1 aromatic heterocycles. The van der Waals surface area contributed by atoms with Gasteiger partial charge in [0, 0.05) is 6.04 Å². The van der Waals surface area contributed by atoms with Gasteiger partial charge < -0.3 is 9.84 Å². The zero-order valence-electron chi connectivity index (χ0n) is 10.6. The second-order valence-electron chi connectivity index (χ2n) is 4.72. The van der Waals surface area contributed by atoms with Crippen LogP contribution in [0, 0.1) is 6.92 Å². The lowest BCUT2D eigenvalue weighted by molar-refractivity contribution is 0.0925. The van der Waals surface area contributed by atoms with Gasteiger partial charge in [0.05, 0.1) is 5.69 Å². The molecule has 94 valence electrons. The van der Waals surface area contributed by atoms with Gasteiger partial charge in [0.25, 0.3) is 5.91 Å². The molecule has 17 heavy (non-hydrogen) atoms. The van der Waals surface area contributed by atoms with Crippen LogP contribution in [-0.2, 0) is 6.42 Å². The molecule has 1 aliphatic carbocycles. The molecule has 0 unspecified atom stereocenters. The maximum absolute atomic E-state index is 12.2. The fraction of sp³-hybridized carbons (Fsp3) is 0.692. The topological polar surface area (TPSA) is 55.1 Å². The van der Waals surface area contributed by atoms with Crippen LogP contribution >= 0.6 is 0 Å². The van der Waals surface area contributed by atoms with Gasteiger partial charge in [0.15, 0.2) is 0 Å². The van der Waals surface area contributed by atoms with E-state index in [1.165, 1.54) is 19.3 Å². The van der Waals surface area contributed by atoms with E-state index < -0.39 is 0 Å². The van der Waals surface area contributed by atoms with Crippen LogP contribution in [0.4, 0.5) is 0 Å². The number of carbonyl (C=O) groups is 1. The van der Waals surface area contributed by atoms with Crippen LogP contribution in [-0.4, -0.2) is 17.1 Å². The van der Waals surface area contributed by atoms with E-state index in [0.717, 1.165) is 25.0 Å². The van der Waals surface area contributed by atoms with Crippen molar-refractivity contribution in [1.29, 1.82) is 0 Å². The highest BCUT2D eigenvalue weighted by molar-refractivity contribution is 5.96. The highest BCUT2D eigenvalue weighted by Gasteiger charge is 2.22. The SMILES string of the molecule is CCc1noc(C)c1C(=O)NC1CCCCC1. The van der Waals surface area contributed by atoms with Crippen LogP contribution in [0.3, 0.4) is 0 Å². The molecule has 0 atom stereocenters. The summed E-state index contributed by atoms with van der Waals surface area (Å²) in [5, 5.41) is 7.01. The van der Waals surface area contributed by atoms with Crippen LogP contribution in [0.5, 0.6) is 0 Å². The molecule has 0 radical (unpaired) electrons. The number of nitrogens with zero attached hydrogens (tertiary/aromatic N) is 1. The molecular weight excluding hydrogens is 216 g/mol. The molecule has 1 aromatic rings. The fourth-order valence-corrected chi connectivity index (χ4v) is 2.45. The van der Waals surface area contributed by atoms with Crippen molar-refractivity contribution in [1.82, 2.24) is 10.5 Å². The Kier molecular flexibility index (Phi) is 3.82. The molecule has 2 rings (SSSR count). The van der Waals surface area contributed by atoms with E-state index in [4.69, 9.17) is 4.52 Å². The van der Waals surface area contributed by atoms with Gasteiger partial charge in [-0.2, -0.15) is 0 Å². The average Bonchev–Trinajstić information content (AvgIpc) is 2.71. The van der Waals surface area contributed by atoms with Crippen LogP contribution in [0.15, 0.2) is 4.52 Å². The minimum Gasteiger partial charge on any atom is -0.361 e. The quantitative estimate of drug-likeness (QED) is 0.877. The molecular formula is C13H20N2O2. The largest absolute Gasteiger partial charge is 0.361 e. The van der Waals surface area contributed by atoms with E-state index in [1.54, 1.807) is 6.92 Å². The van der Waals surface area contributed by atoms with Gasteiger partial charge in [-0.15, -0.1) is 0 Å². The lowest BCUT2D eigenvalue weighted by Gasteiger charge is -2.22. The van der Waals surface area contributed by atoms with Crippen LogP contribution in [0.25, 0.3) is 0 Å². The fourth-order valence-electron chi connectivity index (χ4n) is 2.45. The van der Waals surface area contributed by atoms with Crippen molar-refractivity contribution >= 4 is 5.91 Å². The second-order valence-corrected chi connectivity index (χ2v) is 4.72. The van der Waals surface area contributed by atoms with Crippen LogP contribution in [0.1, 0.15) is 60.8 Å². The van der Waals surface area contributed by atoms with Crippen molar-refractivity contribution in [2.24, 2.45) is 0 Å². The van der Waals surface area contributed by atoms with Crippen molar-refractivity contribution in [2.45, 2.75) is 58.4 Å². The third-order valence-corrected chi connectivity index (χ3v) is 3.44. The summed E-state index contributed by atoms with van der Waals surface area (Å²) >= 11 is 0. The zero-order chi connectivity index (χ0) is 12.3. The van der Waals surface area contributed by atoms with Crippen molar-refractivity contribution < 1.29 is 9.32 Å². The van der Waals surface area contributed by atoms with Crippen molar-refractivity contribution in [3.63, 3.8) is 0 Å². The van der Waals surface area contributed by atoms with Gasteiger partial charge in [-0.05, 0) is 26.2 Å². The summed E-state index contributed by atoms with van der Waals surface area (Å²) in [5.74, 6) is 0.600. The molecule has 0 spiro atoms. The standard InChI is InChI=1S/C13H20N2O2/c1-3-11-12(9(2)17-15-11)13(16)14-10-7-5-4-6-8-10/h10H,3-8H2,1-2H3,(H,14,16). The predicted molar refractivity (Wildman–Crippen MR) is 65.0 cm³/mol. The molecule has 0 aromatic carbocycles. The first kappa shape index (κ1) is 12.1. The lowest BCUT2D eigenvalue weighted by atomic mass is 9.95. The minimum atomic E-state index is -0.0208. The summed E-state index contributed by atoms with van der Waals surface area (Å²) in [6.07, 6.45) is 6.64. The highest BCUT2D eigenvalue weighted by Crippen LogP contribution is 2.19. The number of rotatable bonds is 3. The Morgan fingerprint density at radius 3 is 2.76 bits per heavy atom. The van der Waals surface area contributed by atoms with E-state index in [9.17, 15) is 4.79 Å². The maximum Gasteiger partial charge on any atom is 0.257 e. The van der Waals surface area contributed by atoms with Crippen LogP contribution < -0.4 is 5.32 Å². The van der Waals surface area contributed by atoms with Gasteiger partial charge in [-0.3, -0.25) is 4.79 Å². The number of amides is 1. The summed E-state index contributed by atoms with van der Waals surface area (Å²) in [5.41, 5.74) is 1.40. The normalized spacial score (nSPS) is 17.1. The summed E-state index contributed by atoms with van der Waals surface area (Å²) in [6.45, 7) is 3.77. The number of hydrogen-bond donors (Lipinski definition) is 1. The highest BCUT2D eigenvalue weighted by atomic mass is 16.5. The Morgan fingerprint density at radius 1 is 1.41 bits per heavy atom. The first-order valence-corrected chi connectivity index (χ1v) is 6.48. The van der Waals surface area contributed by atoms with Crippen molar-refractivity contribution in [3.8, 4) is 0 Å². The summed E-state index contributed by atoms with van der Waals surface area (Å²) in [7, 11) is 0. The van der Waals surface area contributed by atoms with Gasteiger partial charge >= 0.3 is 0 Å². The number of nitrogens with one attached hydrogen (secondary N) is 1. The van der Waals surface area contributed by atoms with Crippen LogP contribution in [0.2, 0.25) is 0 Å². The molecule has 0 bridgehead atoms. The lowest BCUT2D eigenvalue weighted by Crippen LogP contribution is -2.36. The Balaban J connectivity index is 2.05. The zero-order valence-corrected chi connectivity index (χ0v) is 10.6. The first-order valence-electron chi connectivity index (χ1n) is 6.48.